The van der Waals surface area contributed by atoms with Crippen LogP contribution in [-0.4, -0.2) is 16.3 Å². The zero-order valence-electron chi connectivity index (χ0n) is 13.6. The average Bonchev–Trinajstić information content (AvgIpc) is 2.87. The van der Waals surface area contributed by atoms with Gasteiger partial charge in [0.05, 0.1) is 10.9 Å². The molecule has 1 heterocycles. The van der Waals surface area contributed by atoms with E-state index in [1.807, 2.05) is 36.4 Å². The van der Waals surface area contributed by atoms with E-state index in [9.17, 15) is 4.79 Å². The number of aliphatic imine (C=N–C) groups is 1. The number of carbonyl (C=O) groups excluding carboxylic acids is 1. The summed E-state index contributed by atoms with van der Waals surface area (Å²) >= 11 is 7.48. The van der Waals surface area contributed by atoms with Crippen LogP contribution in [0.5, 0.6) is 0 Å². The van der Waals surface area contributed by atoms with Crippen LogP contribution in [0.15, 0.2) is 53.5 Å². The van der Waals surface area contributed by atoms with Crippen LogP contribution < -0.4 is 5.32 Å². The Morgan fingerprint density at radius 1 is 1.21 bits per heavy atom. The minimum Gasteiger partial charge on any atom is -0.304 e. The molecule has 1 fully saturated rings. The van der Waals surface area contributed by atoms with E-state index >= 15 is 0 Å². The molecule has 0 radical (unpaired) electrons. The summed E-state index contributed by atoms with van der Waals surface area (Å²) in [5.74, 6) is 0.492. The third kappa shape index (κ3) is 4.19. The minimum absolute atomic E-state index is 0.00229. The second-order valence-corrected chi connectivity index (χ2v) is 7.72. The third-order valence-corrected chi connectivity index (χ3v) is 5.19. The van der Waals surface area contributed by atoms with E-state index in [1.54, 1.807) is 0 Å². The molecule has 1 amide bonds. The number of hydrogen-bond acceptors (Lipinski definition) is 3. The molecule has 5 heteroatoms. The second kappa shape index (κ2) is 7.41. The van der Waals surface area contributed by atoms with Crippen LogP contribution in [0.25, 0.3) is 0 Å². The molecule has 0 unspecified atom stereocenters. The van der Waals surface area contributed by atoms with Crippen LogP contribution in [0.1, 0.15) is 30.9 Å². The number of amides is 1. The van der Waals surface area contributed by atoms with E-state index in [4.69, 9.17) is 11.6 Å². The SMILES string of the molecule is CC(C)c1ccc(N=C2NC(=O)[C@H](Cc3cccc(Cl)c3)S2)cc1. The summed E-state index contributed by atoms with van der Waals surface area (Å²) in [6, 6.07) is 15.7. The van der Waals surface area contributed by atoms with Gasteiger partial charge in [0, 0.05) is 5.02 Å². The lowest BCUT2D eigenvalue weighted by atomic mass is 10.0. The first-order valence-electron chi connectivity index (χ1n) is 7.92. The van der Waals surface area contributed by atoms with Crippen molar-refractivity contribution in [2.75, 3.05) is 0 Å². The van der Waals surface area contributed by atoms with E-state index in [0.717, 1.165) is 11.3 Å². The van der Waals surface area contributed by atoms with Crippen molar-refractivity contribution in [3.63, 3.8) is 0 Å². The van der Waals surface area contributed by atoms with Gasteiger partial charge in [-0.3, -0.25) is 4.79 Å². The number of amidine groups is 1. The van der Waals surface area contributed by atoms with E-state index in [1.165, 1.54) is 17.3 Å². The summed E-state index contributed by atoms with van der Waals surface area (Å²) in [7, 11) is 0. The fourth-order valence-corrected chi connectivity index (χ4v) is 3.76. The molecular formula is C19H19ClN2OS. The van der Waals surface area contributed by atoms with Crippen molar-refractivity contribution in [1.29, 1.82) is 0 Å². The van der Waals surface area contributed by atoms with Crippen molar-refractivity contribution < 1.29 is 4.79 Å². The van der Waals surface area contributed by atoms with Gasteiger partial charge in [0.25, 0.3) is 0 Å². The molecule has 1 atom stereocenters. The summed E-state index contributed by atoms with van der Waals surface area (Å²) in [6.45, 7) is 4.32. The van der Waals surface area contributed by atoms with Crippen LogP contribution >= 0.6 is 23.4 Å². The lowest BCUT2D eigenvalue weighted by Crippen LogP contribution is -2.25. The molecule has 0 bridgehead atoms. The zero-order chi connectivity index (χ0) is 17.1. The number of nitrogens with zero attached hydrogens (tertiary/aromatic N) is 1. The van der Waals surface area contributed by atoms with Gasteiger partial charge in [-0.15, -0.1) is 0 Å². The van der Waals surface area contributed by atoms with Gasteiger partial charge >= 0.3 is 0 Å². The predicted octanol–water partition coefficient (Wildman–Crippen LogP) is 4.93. The average molecular weight is 359 g/mol. The Balaban J connectivity index is 1.69. The van der Waals surface area contributed by atoms with Gasteiger partial charge in [-0.25, -0.2) is 4.99 Å². The Kier molecular flexibility index (Phi) is 5.27. The minimum atomic E-state index is -0.169. The normalized spacial score (nSPS) is 19.1. The molecule has 2 aromatic rings. The van der Waals surface area contributed by atoms with Gasteiger partial charge in [-0.2, -0.15) is 0 Å². The highest BCUT2D eigenvalue weighted by atomic mass is 35.5. The summed E-state index contributed by atoms with van der Waals surface area (Å²) in [4.78, 5) is 16.7. The van der Waals surface area contributed by atoms with Gasteiger partial charge in [-0.1, -0.05) is 61.5 Å². The molecule has 24 heavy (non-hydrogen) atoms. The fourth-order valence-electron chi connectivity index (χ4n) is 2.52. The summed E-state index contributed by atoms with van der Waals surface area (Å²) < 4.78 is 0. The summed E-state index contributed by atoms with van der Waals surface area (Å²) in [5, 5.41) is 4.04. The second-order valence-electron chi connectivity index (χ2n) is 6.09. The molecule has 3 nitrogen and oxygen atoms in total. The number of benzene rings is 2. The number of hydrogen-bond donors (Lipinski definition) is 1. The molecule has 1 N–H and O–H groups in total. The van der Waals surface area contributed by atoms with E-state index < -0.39 is 0 Å². The van der Waals surface area contributed by atoms with Gasteiger partial charge in [0.2, 0.25) is 5.91 Å². The molecule has 0 aromatic heterocycles. The highest BCUT2D eigenvalue weighted by molar-refractivity contribution is 8.15. The number of thioether (sulfide) groups is 1. The predicted molar refractivity (Wildman–Crippen MR) is 102 cm³/mol. The van der Waals surface area contributed by atoms with Crippen LogP contribution in [0.4, 0.5) is 5.69 Å². The number of rotatable bonds is 4. The number of halogens is 1. The molecule has 2 aromatic carbocycles. The highest BCUT2D eigenvalue weighted by Gasteiger charge is 2.30. The van der Waals surface area contributed by atoms with Crippen molar-refractivity contribution in [3.8, 4) is 0 Å². The molecule has 1 saturated heterocycles. The van der Waals surface area contributed by atoms with Gasteiger partial charge in [0.15, 0.2) is 5.17 Å². The van der Waals surface area contributed by atoms with E-state index in [0.29, 0.717) is 22.5 Å². The number of carbonyl (C=O) groups is 1. The molecule has 3 rings (SSSR count). The maximum atomic E-state index is 12.2. The summed E-state index contributed by atoms with van der Waals surface area (Å²) in [5.41, 5.74) is 3.18. The van der Waals surface area contributed by atoms with Crippen molar-refractivity contribution in [3.05, 3.63) is 64.7 Å². The highest BCUT2D eigenvalue weighted by Crippen LogP contribution is 2.27. The summed E-state index contributed by atoms with van der Waals surface area (Å²) in [6.07, 6.45) is 0.641. The Labute approximate surface area is 151 Å². The lowest BCUT2D eigenvalue weighted by molar-refractivity contribution is -0.118. The van der Waals surface area contributed by atoms with Gasteiger partial charge in [0.1, 0.15) is 0 Å². The first-order chi connectivity index (χ1) is 11.5. The van der Waals surface area contributed by atoms with Crippen LogP contribution in [0, 0.1) is 0 Å². The maximum absolute atomic E-state index is 12.2. The molecule has 124 valence electrons. The Morgan fingerprint density at radius 3 is 2.62 bits per heavy atom. The maximum Gasteiger partial charge on any atom is 0.239 e. The molecule has 0 aliphatic carbocycles. The van der Waals surface area contributed by atoms with Gasteiger partial charge < -0.3 is 5.32 Å². The van der Waals surface area contributed by atoms with Gasteiger partial charge in [-0.05, 0) is 47.7 Å². The molecule has 1 aliphatic rings. The van der Waals surface area contributed by atoms with Crippen molar-refractivity contribution in [1.82, 2.24) is 5.32 Å². The van der Waals surface area contributed by atoms with E-state index in [2.05, 4.69) is 36.3 Å². The van der Waals surface area contributed by atoms with Crippen LogP contribution in [0.3, 0.4) is 0 Å². The topological polar surface area (TPSA) is 41.5 Å². The Bertz CT molecular complexity index is 771. The monoisotopic (exact) mass is 358 g/mol. The molecular weight excluding hydrogens is 340 g/mol. The molecule has 0 spiro atoms. The zero-order valence-corrected chi connectivity index (χ0v) is 15.2. The van der Waals surface area contributed by atoms with Crippen molar-refractivity contribution >= 4 is 40.1 Å². The van der Waals surface area contributed by atoms with Crippen LogP contribution in [-0.2, 0) is 11.2 Å². The first-order valence-corrected chi connectivity index (χ1v) is 9.17. The Morgan fingerprint density at radius 2 is 1.96 bits per heavy atom. The third-order valence-electron chi connectivity index (χ3n) is 3.88. The lowest BCUT2D eigenvalue weighted by Gasteiger charge is -2.05. The largest absolute Gasteiger partial charge is 0.304 e. The van der Waals surface area contributed by atoms with Crippen LogP contribution in [0.2, 0.25) is 5.02 Å². The quantitative estimate of drug-likeness (QED) is 0.842. The first kappa shape index (κ1) is 17.1. The number of nitrogens with one attached hydrogen (secondary N) is 1. The van der Waals surface area contributed by atoms with E-state index in [-0.39, 0.29) is 11.2 Å². The standard InChI is InChI=1S/C19H19ClN2OS/c1-12(2)14-6-8-16(9-7-14)21-19-22-18(23)17(24-19)11-13-4-3-5-15(20)10-13/h3-10,12,17H,11H2,1-2H3,(H,21,22,23)/t17-/m0/s1. The molecule has 0 saturated carbocycles. The fraction of sp³-hybridized carbons (Fsp3) is 0.263. The van der Waals surface area contributed by atoms with Crippen molar-refractivity contribution in [2.45, 2.75) is 31.4 Å². The van der Waals surface area contributed by atoms with Crippen molar-refractivity contribution in [2.24, 2.45) is 4.99 Å². The smallest absolute Gasteiger partial charge is 0.239 e. The molecule has 1 aliphatic heterocycles. The Hall–Kier alpha value is -1.78.